The van der Waals surface area contributed by atoms with Crippen molar-refractivity contribution in [2.75, 3.05) is 6.54 Å². The van der Waals surface area contributed by atoms with Crippen molar-refractivity contribution < 1.29 is 4.79 Å². The fraction of sp³-hybridized carbons (Fsp3) is 0.214. The Morgan fingerprint density at radius 1 is 1.53 bits per heavy atom. The predicted molar refractivity (Wildman–Crippen MR) is 70.5 cm³/mol. The van der Waals surface area contributed by atoms with Gasteiger partial charge < -0.3 is 10.3 Å². The number of imidazole rings is 1. The van der Waals surface area contributed by atoms with E-state index in [1.165, 1.54) is 0 Å². The van der Waals surface area contributed by atoms with Crippen LogP contribution in [0.15, 0.2) is 30.5 Å². The summed E-state index contributed by atoms with van der Waals surface area (Å²) in [5.41, 5.74) is 1.97. The summed E-state index contributed by atoms with van der Waals surface area (Å²) in [6.07, 6.45) is 2.46. The first-order valence-corrected chi connectivity index (χ1v) is 5.98. The second-order valence-electron chi connectivity index (χ2n) is 4.19. The molecule has 0 saturated carbocycles. The lowest BCUT2D eigenvalue weighted by Crippen LogP contribution is -2.25. The fourth-order valence-corrected chi connectivity index (χ4v) is 1.74. The van der Waals surface area contributed by atoms with Crippen molar-refractivity contribution in [3.8, 4) is 6.07 Å². The zero-order valence-corrected chi connectivity index (χ0v) is 10.6. The highest BCUT2D eigenvalue weighted by atomic mass is 16.1. The van der Waals surface area contributed by atoms with E-state index in [0.29, 0.717) is 24.1 Å². The highest BCUT2D eigenvalue weighted by Crippen LogP contribution is 2.04. The maximum absolute atomic E-state index is 11.9. The number of rotatable bonds is 4. The fourth-order valence-electron chi connectivity index (χ4n) is 1.74. The molecule has 0 aliphatic carbocycles. The van der Waals surface area contributed by atoms with Crippen molar-refractivity contribution in [1.29, 1.82) is 5.26 Å². The SMILES string of the molecule is Cc1ncc(CCNC(=O)c2cccc(C#N)c2)[nH]1. The smallest absolute Gasteiger partial charge is 0.251 e. The van der Waals surface area contributed by atoms with Gasteiger partial charge in [0.1, 0.15) is 5.82 Å². The molecule has 5 heteroatoms. The number of amides is 1. The van der Waals surface area contributed by atoms with Crippen LogP contribution in [0.5, 0.6) is 0 Å². The van der Waals surface area contributed by atoms with Crippen LogP contribution in [0.3, 0.4) is 0 Å². The van der Waals surface area contributed by atoms with Crippen LogP contribution >= 0.6 is 0 Å². The number of carbonyl (C=O) groups excluding carboxylic acids is 1. The zero-order chi connectivity index (χ0) is 13.7. The van der Waals surface area contributed by atoms with Crippen LogP contribution in [0.4, 0.5) is 0 Å². The van der Waals surface area contributed by atoms with E-state index in [2.05, 4.69) is 15.3 Å². The summed E-state index contributed by atoms with van der Waals surface area (Å²) in [5, 5.41) is 11.6. The molecule has 0 aliphatic heterocycles. The summed E-state index contributed by atoms with van der Waals surface area (Å²) in [6, 6.07) is 8.65. The summed E-state index contributed by atoms with van der Waals surface area (Å²) in [5.74, 6) is 0.691. The number of nitrogens with zero attached hydrogens (tertiary/aromatic N) is 2. The maximum atomic E-state index is 11.9. The Kier molecular flexibility index (Phi) is 3.94. The number of carbonyl (C=O) groups is 1. The second-order valence-corrected chi connectivity index (χ2v) is 4.19. The average molecular weight is 254 g/mol. The third-order valence-electron chi connectivity index (χ3n) is 2.69. The van der Waals surface area contributed by atoms with Gasteiger partial charge in [0.25, 0.3) is 5.91 Å². The number of H-pyrrole nitrogens is 1. The number of hydrogen-bond acceptors (Lipinski definition) is 3. The minimum Gasteiger partial charge on any atom is -0.352 e. The summed E-state index contributed by atoms with van der Waals surface area (Å²) >= 11 is 0. The molecule has 96 valence electrons. The van der Waals surface area contributed by atoms with E-state index < -0.39 is 0 Å². The van der Waals surface area contributed by atoms with E-state index in [4.69, 9.17) is 5.26 Å². The number of nitrogens with one attached hydrogen (secondary N) is 2. The van der Waals surface area contributed by atoms with Crippen LogP contribution in [0.25, 0.3) is 0 Å². The van der Waals surface area contributed by atoms with E-state index >= 15 is 0 Å². The molecule has 0 radical (unpaired) electrons. The number of benzene rings is 1. The third kappa shape index (κ3) is 3.42. The lowest BCUT2D eigenvalue weighted by molar-refractivity contribution is 0.0954. The van der Waals surface area contributed by atoms with E-state index in [0.717, 1.165) is 11.5 Å². The number of nitriles is 1. The Morgan fingerprint density at radius 2 is 2.37 bits per heavy atom. The Bertz CT molecular complexity index is 624. The second kappa shape index (κ2) is 5.83. The topological polar surface area (TPSA) is 81.6 Å². The average Bonchev–Trinajstić information content (AvgIpc) is 2.84. The van der Waals surface area contributed by atoms with Gasteiger partial charge in [-0.3, -0.25) is 4.79 Å². The first-order valence-electron chi connectivity index (χ1n) is 5.98. The number of aryl methyl sites for hydroxylation is 1. The molecule has 1 heterocycles. The Morgan fingerprint density at radius 3 is 3.05 bits per heavy atom. The van der Waals surface area contributed by atoms with Crippen LogP contribution in [0.1, 0.15) is 27.4 Å². The van der Waals surface area contributed by atoms with Crippen molar-refractivity contribution in [3.63, 3.8) is 0 Å². The van der Waals surface area contributed by atoms with Crippen molar-refractivity contribution in [2.24, 2.45) is 0 Å². The third-order valence-corrected chi connectivity index (χ3v) is 2.69. The largest absolute Gasteiger partial charge is 0.352 e. The lowest BCUT2D eigenvalue weighted by atomic mass is 10.1. The molecule has 0 aliphatic rings. The van der Waals surface area contributed by atoms with Gasteiger partial charge in [0.2, 0.25) is 0 Å². The minimum atomic E-state index is -0.173. The van der Waals surface area contributed by atoms with Crippen LogP contribution in [0, 0.1) is 18.3 Å². The molecule has 1 aromatic heterocycles. The van der Waals surface area contributed by atoms with E-state index in [1.54, 1.807) is 30.5 Å². The number of aromatic nitrogens is 2. The van der Waals surface area contributed by atoms with Crippen molar-refractivity contribution >= 4 is 5.91 Å². The van der Waals surface area contributed by atoms with Gasteiger partial charge in [-0.15, -0.1) is 0 Å². The van der Waals surface area contributed by atoms with Gasteiger partial charge in [0.05, 0.1) is 11.6 Å². The monoisotopic (exact) mass is 254 g/mol. The number of aromatic amines is 1. The first kappa shape index (κ1) is 12.8. The van der Waals surface area contributed by atoms with Gasteiger partial charge in [-0.25, -0.2) is 4.98 Å². The van der Waals surface area contributed by atoms with Gasteiger partial charge >= 0.3 is 0 Å². The molecule has 19 heavy (non-hydrogen) atoms. The molecule has 0 unspecified atom stereocenters. The molecule has 0 fully saturated rings. The molecule has 1 amide bonds. The summed E-state index contributed by atoms with van der Waals surface area (Å²) in [7, 11) is 0. The number of hydrogen-bond donors (Lipinski definition) is 2. The predicted octanol–water partition coefficient (Wildman–Crippen LogP) is 1.56. The Labute approximate surface area is 111 Å². The van der Waals surface area contributed by atoms with Gasteiger partial charge in [-0.2, -0.15) is 5.26 Å². The molecule has 2 aromatic rings. The minimum absolute atomic E-state index is 0.173. The van der Waals surface area contributed by atoms with Crippen molar-refractivity contribution in [3.05, 3.63) is 53.1 Å². The van der Waals surface area contributed by atoms with Gasteiger partial charge in [0.15, 0.2) is 0 Å². The van der Waals surface area contributed by atoms with Crippen molar-refractivity contribution in [2.45, 2.75) is 13.3 Å². The first-order chi connectivity index (χ1) is 9.19. The van der Waals surface area contributed by atoms with Crippen LogP contribution in [-0.2, 0) is 6.42 Å². The van der Waals surface area contributed by atoms with E-state index in [1.807, 2.05) is 13.0 Å². The standard InChI is InChI=1S/C14H14N4O/c1-10-17-9-13(18-10)5-6-16-14(19)12-4-2-3-11(7-12)8-15/h2-4,7,9H,5-6H2,1H3,(H,16,19)(H,17,18). The van der Waals surface area contributed by atoms with Crippen LogP contribution in [-0.4, -0.2) is 22.4 Å². The molecule has 0 bridgehead atoms. The normalized spacial score (nSPS) is 9.89. The molecule has 0 spiro atoms. The van der Waals surface area contributed by atoms with E-state index in [-0.39, 0.29) is 5.91 Å². The maximum Gasteiger partial charge on any atom is 0.251 e. The molecule has 1 aromatic carbocycles. The highest BCUT2D eigenvalue weighted by molar-refractivity contribution is 5.94. The molecule has 2 N–H and O–H groups in total. The molecule has 0 atom stereocenters. The van der Waals surface area contributed by atoms with Crippen LogP contribution < -0.4 is 5.32 Å². The van der Waals surface area contributed by atoms with E-state index in [9.17, 15) is 4.79 Å². The Hall–Kier alpha value is -2.61. The highest BCUT2D eigenvalue weighted by Gasteiger charge is 2.06. The molecule has 2 rings (SSSR count). The van der Waals surface area contributed by atoms with Gasteiger partial charge in [-0.1, -0.05) is 6.07 Å². The summed E-state index contributed by atoms with van der Waals surface area (Å²) in [6.45, 7) is 2.41. The molecular weight excluding hydrogens is 240 g/mol. The van der Waals surface area contributed by atoms with Crippen molar-refractivity contribution in [1.82, 2.24) is 15.3 Å². The van der Waals surface area contributed by atoms with Gasteiger partial charge in [-0.05, 0) is 25.1 Å². The zero-order valence-electron chi connectivity index (χ0n) is 10.6. The molecular formula is C14H14N4O. The molecule has 5 nitrogen and oxygen atoms in total. The Balaban J connectivity index is 1.89. The van der Waals surface area contributed by atoms with Gasteiger partial charge in [0, 0.05) is 30.4 Å². The lowest BCUT2D eigenvalue weighted by Gasteiger charge is -2.04. The quantitative estimate of drug-likeness (QED) is 0.868. The molecule has 0 saturated heterocycles. The van der Waals surface area contributed by atoms with Crippen LogP contribution in [0.2, 0.25) is 0 Å². The summed E-state index contributed by atoms with van der Waals surface area (Å²) in [4.78, 5) is 19.1. The summed E-state index contributed by atoms with van der Waals surface area (Å²) < 4.78 is 0.